The van der Waals surface area contributed by atoms with Crippen molar-refractivity contribution in [3.63, 3.8) is 0 Å². The van der Waals surface area contributed by atoms with Crippen LogP contribution in [0.1, 0.15) is 69.9 Å². The quantitative estimate of drug-likeness (QED) is 0.826. The van der Waals surface area contributed by atoms with Crippen LogP contribution in [-0.2, 0) is 9.59 Å². The fraction of sp³-hybridized carbons (Fsp3) is 0.545. The Morgan fingerprint density at radius 3 is 2.73 bits per heavy atom. The third-order valence-electron chi connectivity index (χ3n) is 5.55. The number of fused-ring (bicyclic) bond motifs is 1. The lowest BCUT2D eigenvalue weighted by Crippen LogP contribution is -2.39. The van der Waals surface area contributed by atoms with E-state index in [-0.39, 0.29) is 17.9 Å². The summed E-state index contributed by atoms with van der Waals surface area (Å²) in [6, 6.07) is 9.94. The molecule has 1 unspecified atom stereocenters. The van der Waals surface area contributed by atoms with Crippen LogP contribution in [0.25, 0.3) is 0 Å². The van der Waals surface area contributed by atoms with Gasteiger partial charge in [0.1, 0.15) is 0 Å². The van der Waals surface area contributed by atoms with E-state index in [2.05, 4.69) is 11.4 Å². The molecule has 4 nitrogen and oxygen atoms in total. The number of amides is 2. The van der Waals surface area contributed by atoms with Crippen LogP contribution in [0.4, 0.5) is 0 Å². The Bertz CT molecular complexity index is 653. The fourth-order valence-corrected chi connectivity index (χ4v) is 4.12. The van der Waals surface area contributed by atoms with Crippen molar-refractivity contribution in [2.24, 2.45) is 5.92 Å². The molecule has 1 saturated heterocycles. The zero-order valence-electron chi connectivity index (χ0n) is 15.7. The molecule has 140 valence electrons. The summed E-state index contributed by atoms with van der Waals surface area (Å²) in [5, 5.41) is 3.02. The predicted molar refractivity (Wildman–Crippen MR) is 103 cm³/mol. The molecule has 2 aliphatic rings. The van der Waals surface area contributed by atoms with Crippen molar-refractivity contribution < 1.29 is 9.59 Å². The van der Waals surface area contributed by atoms with Crippen molar-refractivity contribution in [3.05, 3.63) is 47.7 Å². The van der Waals surface area contributed by atoms with E-state index < -0.39 is 0 Å². The van der Waals surface area contributed by atoms with E-state index in [1.54, 1.807) is 0 Å². The number of carbonyl (C=O) groups is 2. The molecule has 1 N–H and O–H groups in total. The summed E-state index contributed by atoms with van der Waals surface area (Å²) < 4.78 is 0. The predicted octanol–water partition coefficient (Wildman–Crippen LogP) is 4.34. The van der Waals surface area contributed by atoms with Gasteiger partial charge in [-0.15, -0.1) is 0 Å². The molecule has 1 aliphatic heterocycles. The average molecular weight is 354 g/mol. The lowest BCUT2D eigenvalue weighted by Gasteiger charge is -2.38. The number of rotatable bonds is 6. The molecule has 1 aromatic carbocycles. The molecule has 0 saturated carbocycles. The first-order valence-corrected chi connectivity index (χ1v) is 10.00. The van der Waals surface area contributed by atoms with Gasteiger partial charge in [0.15, 0.2) is 0 Å². The second-order valence-electron chi connectivity index (χ2n) is 7.50. The molecular formula is C22H30N2O2. The van der Waals surface area contributed by atoms with Crippen molar-refractivity contribution in [1.82, 2.24) is 10.2 Å². The zero-order chi connectivity index (χ0) is 18.4. The second-order valence-corrected chi connectivity index (χ2v) is 7.50. The van der Waals surface area contributed by atoms with Crippen LogP contribution >= 0.6 is 0 Å². The number of benzene rings is 1. The first-order chi connectivity index (χ1) is 12.6. The summed E-state index contributed by atoms with van der Waals surface area (Å²) in [4.78, 5) is 26.8. The molecule has 0 radical (unpaired) electrons. The van der Waals surface area contributed by atoms with Gasteiger partial charge in [-0.25, -0.2) is 0 Å². The van der Waals surface area contributed by atoms with E-state index in [0.29, 0.717) is 25.2 Å². The Balaban J connectivity index is 1.43. The molecule has 1 heterocycles. The molecule has 0 bridgehead atoms. The van der Waals surface area contributed by atoms with E-state index >= 15 is 0 Å². The Morgan fingerprint density at radius 2 is 1.92 bits per heavy atom. The number of allylic oxidation sites excluding steroid dienone is 2. The van der Waals surface area contributed by atoms with Crippen LogP contribution in [0.3, 0.4) is 0 Å². The first-order valence-electron chi connectivity index (χ1n) is 10.00. The van der Waals surface area contributed by atoms with Crippen molar-refractivity contribution in [3.8, 4) is 0 Å². The number of nitrogens with zero attached hydrogens (tertiary/aromatic N) is 1. The lowest BCUT2D eigenvalue weighted by molar-refractivity contribution is -0.130. The van der Waals surface area contributed by atoms with Crippen molar-refractivity contribution in [1.29, 1.82) is 0 Å². The van der Waals surface area contributed by atoms with E-state index in [9.17, 15) is 9.59 Å². The van der Waals surface area contributed by atoms with E-state index in [1.165, 1.54) is 25.0 Å². The largest absolute Gasteiger partial charge is 0.350 e. The molecular weight excluding hydrogens is 324 g/mol. The van der Waals surface area contributed by atoms with Gasteiger partial charge in [0.2, 0.25) is 11.8 Å². The summed E-state index contributed by atoms with van der Waals surface area (Å²) in [7, 11) is 0. The topological polar surface area (TPSA) is 49.4 Å². The number of piperidine rings is 1. The van der Waals surface area contributed by atoms with Gasteiger partial charge in [-0.1, -0.05) is 36.4 Å². The van der Waals surface area contributed by atoms with Crippen molar-refractivity contribution in [2.75, 3.05) is 6.54 Å². The highest BCUT2D eigenvalue weighted by Crippen LogP contribution is 2.35. The number of carbonyl (C=O) groups excluding carboxylic acids is 2. The minimum Gasteiger partial charge on any atom is -0.350 e. The minimum atomic E-state index is -0.00496. The molecule has 1 aliphatic carbocycles. The number of hydrogen-bond acceptors (Lipinski definition) is 2. The Morgan fingerprint density at radius 1 is 1.15 bits per heavy atom. The highest BCUT2D eigenvalue weighted by molar-refractivity contribution is 5.80. The molecule has 2 amide bonds. The fourth-order valence-electron chi connectivity index (χ4n) is 4.12. The Kier molecular flexibility index (Phi) is 6.48. The van der Waals surface area contributed by atoms with Crippen LogP contribution < -0.4 is 5.32 Å². The first kappa shape index (κ1) is 18.7. The summed E-state index contributed by atoms with van der Waals surface area (Å²) >= 11 is 0. The molecule has 0 aromatic heterocycles. The minimum absolute atomic E-state index is 0.00496. The SMILES string of the molecule is C[C@H](NC(=O)CCCC(=O)N1CCCC2CCCC=C21)c1ccccc1. The summed E-state index contributed by atoms with van der Waals surface area (Å²) in [6.45, 7) is 2.83. The standard InChI is InChI=1S/C22H30N2O2/c1-17(18-9-3-2-4-10-18)23-21(25)14-7-15-22(26)24-16-8-12-19-11-5-6-13-20(19)24/h2-4,9-10,13,17,19H,5-8,11-12,14-16H2,1H3,(H,23,25)/t17-,19?/m0/s1. The van der Waals surface area contributed by atoms with E-state index in [1.807, 2.05) is 42.2 Å². The van der Waals surface area contributed by atoms with Crippen LogP contribution in [0, 0.1) is 5.92 Å². The van der Waals surface area contributed by atoms with E-state index in [4.69, 9.17) is 0 Å². The summed E-state index contributed by atoms with van der Waals surface area (Å²) in [5.74, 6) is 0.783. The maximum Gasteiger partial charge on any atom is 0.226 e. The molecule has 1 aromatic rings. The number of nitrogens with one attached hydrogen (secondary N) is 1. The molecule has 1 fully saturated rings. The normalized spacial score (nSPS) is 20.7. The van der Waals surface area contributed by atoms with Gasteiger partial charge in [0, 0.05) is 25.1 Å². The highest BCUT2D eigenvalue weighted by atomic mass is 16.2. The molecule has 26 heavy (non-hydrogen) atoms. The van der Waals surface area contributed by atoms with Gasteiger partial charge in [0.25, 0.3) is 0 Å². The smallest absolute Gasteiger partial charge is 0.226 e. The van der Waals surface area contributed by atoms with Crippen LogP contribution in [-0.4, -0.2) is 23.3 Å². The van der Waals surface area contributed by atoms with Gasteiger partial charge in [-0.05, 0) is 56.9 Å². The van der Waals surface area contributed by atoms with Gasteiger partial charge < -0.3 is 10.2 Å². The van der Waals surface area contributed by atoms with Gasteiger partial charge in [-0.3, -0.25) is 9.59 Å². The summed E-state index contributed by atoms with van der Waals surface area (Å²) in [5.41, 5.74) is 2.36. The maximum atomic E-state index is 12.6. The highest BCUT2D eigenvalue weighted by Gasteiger charge is 2.29. The van der Waals surface area contributed by atoms with Crippen LogP contribution in [0.15, 0.2) is 42.1 Å². The zero-order valence-corrected chi connectivity index (χ0v) is 15.7. The Labute approximate surface area is 156 Å². The van der Waals surface area contributed by atoms with Gasteiger partial charge in [-0.2, -0.15) is 0 Å². The molecule has 3 rings (SSSR count). The number of likely N-dealkylation sites (tertiary alicyclic amines) is 1. The third-order valence-corrected chi connectivity index (χ3v) is 5.55. The summed E-state index contributed by atoms with van der Waals surface area (Å²) in [6.07, 6.45) is 9.61. The van der Waals surface area contributed by atoms with E-state index in [0.717, 1.165) is 24.9 Å². The Hall–Kier alpha value is -2.10. The maximum absolute atomic E-state index is 12.6. The monoisotopic (exact) mass is 354 g/mol. The third kappa shape index (κ3) is 4.75. The lowest BCUT2D eigenvalue weighted by atomic mass is 9.85. The molecule has 0 spiro atoms. The number of hydrogen-bond donors (Lipinski definition) is 1. The van der Waals surface area contributed by atoms with Crippen LogP contribution in [0.5, 0.6) is 0 Å². The van der Waals surface area contributed by atoms with Gasteiger partial charge in [0.05, 0.1) is 6.04 Å². The second kappa shape index (κ2) is 9.02. The van der Waals surface area contributed by atoms with Crippen LogP contribution in [0.2, 0.25) is 0 Å². The average Bonchev–Trinajstić information content (AvgIpc) is 2.68. The van der Waals surface area contributed by atoms with Gasteiger partial charge >= 0.3 is 0 Å². The molecule has 4 heteroatoms. The molecule has 2 atom stereocenters. The van der Waals surface area contributed by atoms with Crippen molar-refractivity contribution in [2.45, 2.75) is 64.3 Å². The van der Waals surface area contributed by atoms with Crippen molar-refractivity contribution >= 4 is 11.8 Å².